The lowest BCUT2D eigenvalue weighted by Gasteiger charge is -2.35. The van der Waals surface area contributed by atoms with Crippen LogP contribution < -0.4 is 10.2 Å². The number of piperazine rings is 1. The van der Waals surface area contributed by atoms with Crippen molar-refractivity contribution in [2.45, 2.75) is 13.0 Å². The maximum absolute atomic E-state index is 5.20. The van der Waals surface area contributed by atoms with Crippen molar-refractivity contribution >= 4 is 5.69 Å². The molecule has 1 aromatic carbocycles. The van der Waals surface area contributed by atoms with Crippen LogP contribution in [0, 0.1) is 6.92 Å². The molecule has 1 unspecified atom stereocenters. The Morgan fingerprint density at radius 3 is 2.81 bits per heavy atom. The summed E-state index contributed by atoms with van der Waals surface area (Å²) in [5.41, 5.74) is 2.63. The zero-order chi connectivity index (χ0) is 11.4. The summed E-state index contributed by atoms with van der Waals surface area (Å²) in [5, 5.41) is 3.46. The quantitative estimate of drug-likeness (QED) is 0.834. The van der Waals surface area contributed by atoms with E-state index in [0.717, 1.165) is 26.2 Å². The first-order valence-corrected chi connectivity index (χ1v) is 5.83. The second kappa shape index (κ2) is 5.32. The van der Waals surface area contributed by atoms with E-state index in [1.54, 1.807) is 7.11 Å². The first-order valence-electron chi connectivity index (χ1n) is 5.83. The Labute approximate surface area is 97.4 Å². The number of rotatable bonds is 3. The molecule has 0 bridgehead atoms. The summed E-state index contributed by atoms with van der Waals surface area (Å²) < 4.78 is 5.20. The topological polar surface area (TPSA) is 24.5 Å². The van der Waals surface area contributed by atoms with Gasteiger partial charge in [-0.25, -0.2) is 0 Å². The number of nitrogens with one attached hydrogen (secondary N) is 1. The predicted octanol–water partition coefficient (Wildman–Crippen LogP) is 1.42. The molecule has 0 saturated carbocycles. The molecule has 1 N–H and O–H groups in total. The largest absolute Gasteiger partial charge is 0.383 e. The molecule has 1 aliphatic rings. The SMILES string of the molecule is COCC1CN(c2ccc(C)cc2)CCN1. The number of ether oxygens (including phenoxy) is 1. The van der Waals surface area contributed by atoms with Crippen molar-refractivity contribution in [3.63, 3.8) is 0 Å². The average molecular weight is 220 g/mol. The Balaban J connectivity index is 2.01. The molecule has 88 valence electrons. The predicted molar refractivity (Wildman–Crippen MR) is 67.1 cm³/mol. The van der Waals surface area contributed by atoms with E-state index in [9.17, 15) is 0 Å². The van der Waals surface area contributed by atoms with E-state index in [-0.39, 0.29) is 0 Å². The van der Waals surface area contributed by atoms with Crippen LogP contribution in [0.25, 0.3) is 0 Å². The minimum atomic E-state index is 0.444. The van der Waals surface area contributed by atoms with Crippen molar-refractivity contribution in [2.24, 2.45) is 0 Å². The van der Waals surface area contributed by atoms with Gasteiger partial charge in [0.1, 0.15) is 0 Å². The Morgan fingerprint density at radius 1 is 1.38 bits per heavy atom. The molecule has 3 heteroatoms. The van der Waals surface area contributed by atoms with Crippen LogP contribution in [-0.4, -0.2) is 39.4 Å². The monoisotopic (exact) mass is 220 g/mol. The number of methoxy groups -OCH3 is 1. The van der Waals surface area contributed by atoms with Gasteiger partial charge < -0.3 is 15.0 Å². The third-order valence-electron chi connectivity index (χ3n) is 3.02. The van der Waals surface area contributed by atoms with E-state index >= 15 is 0 Å². The fourth-order valence-electron chi connectivity index (χ4n) is 2.13. The lowest BCUT2D eigenvalue weighted by molar-refractivity contribution is 0.163. The minimum Gasteiger partial charge on any atom is -0.383 e. The Morgan fingerprint density at radius 2 is 2.12 bits per heavy atom. The zero-order valence-electron chi connectivity index (χ0n) is 10.1. The molecule has 1 saturated heterocycles. The van der Waals surface area contributed by atoms with Crippen LogP contribution in [0.15, 0.2) is 24.3 Å². The fraction of sp³-hybridized carbons (Fsp3) is 0.538. The summed E-state index contributed by atoms with van der Waals surface area (Å²) in [7, 11) is 1.76. The summed E-state index contributed by atoms with van der Waals surface area (Å²) in [5.74, 6) is 0. The van der Waals surface area contributed by atoms with Gasteiger partial charge in [0.2, 0.25) is 0 Å². The molecule has 3 nitrogen and oxygen atoms in total. The summed E-state index contributed by atoms with van der Waals surface area (Å²) in [6, 6.07) is 9.18. The fourth-order valence-corrected chi connectivity index (χ4v) is 2.13. The lowest BCUT2D eigenvalue weighted by Crippen LogP contribution is -2.52. The van der Waals surface area contributed by atoms with Crippen molar-refractivity contribution in [2.75, 3.05) is 38.3 Å². The van der Waals surface area contributed by atoms with Gasteiger partial charge in [-0.15, -0.1) is 0 Å². The van der Waals surface area contributed by atoms with Gasteiger partial charge in [0.15, 0.2) is 0 Å². The normalized spacial score (nSPS) is 21.1. The van der Waals surface area contributed by atoms with E-state index in [2.05, 4.69) is 41.4 Å². The molecule has 0 radical (unpaired) electrons. The smallest absolute Gasteiger partial charge is 0.0633 e. The molecule has 0 aromatic heterocycles. The maximum atomic E-state index is 5.20. The standard InChI is InChI=1S/C13H20N2O/c1-11-3-5-13(6-4-11)15-8-7-14-12(9-15)10-16-2/h3-6,12,14H,7-10H2,1-2H3. The molecule has 1 atom stereocenters. The van der Waals surface area contributed by atoms with E-state index in [0.29, 0.717) is 6.04 Å². The Hall–Kier alpha value is -1.06. The van der Waals surface area contributed by atoms with E-state index < -0.39 is 0 Å². The molecule has 0 amide bonds. The third-order valence-corrected chi connectivity index (χ3v) is 3.02. The van der Waals surface area contributed by atoms with Gasteiger partial charge in [-0.1, -0.05) is 17.7 Å². The van der Waals surface area contributed by atoms with Crippen molar-refractivity contribution in [1.29, 1.82) is 0 Å². The average Bonchev–Trinajstić information content (AvgIpc) is 2.31. The number of aryl methyl sites for hydroxylation is 1. The second-order valence-corrected chi connectivity index (χ2v) is 4.39. The van der Waals surface area contributed by atoms with Gasteiger partial charge in [0.05, 0.1) is 6.61 Å². The van der Waals surface area contributed by atoms with Gasteiger partial charge in [-0.2, -0.15) is 0 Å². The van der Waals surface area contributed by atoms with Crippen molar-refractivity contribution in [3.8, 4) is 0 Å². The van der Waals surface area contributed by atoms with E-state index in [4.69, 9.17) is 4.74 Å². The van der Waals surface area contributed by atoms with Gasteiger partial charge >= 0.3 is 0 Å². The lowest BCUT2D eigenvalue weighted by atomic mass is 10.1. The van der Waals surface area contributed by atoms with Crippen LogP contribution in [0.2, 0.25) is 0 Å². The van der Waals surface area contributed by atoms with Gasteiger partial charge in [-0.05, 0) is 19.1 Å². The van der Waals surface area contributed by atoms with Crippen LogP contribution in [-0.2, 0) is 4.74 Å². The van der Waals surface area contributed by atoms with E-state index in [1.165, 1.54) is 11.3 Å². The molecular formula is C13H20N2O. The summed E-state index contributed by atoms with van der Waals surface area (Å²) in [4.78, 5) is 2.42. The molecule has 0 spiro atoms. The second-order valence-electron chi connectivity index (χ2n) is 4.39. The van der Waals surface area contributed by atoms with Gasteiger partial charge in [-0.3, -0.25) is 0 Å². The number of anilines is 1. The summed E-state index contributed by atoms with van der Waals surface area (Å²) >= 11 is 0. The molecule has 1 heterocycles. The van der Waals surface area contributed by atoms with Crippen LogP contribution in [0.4, 0.5) is 5.69 Å². The third kappa shape index (κ3) is 2.74. The van der Waals surface area contributed by atoms with Crippen LogP contribution in [0.5, 0.6) is 0 Å². The highest BCUT2D eigenvalue weighted by Gasteiger charge is 2.18. The summed E-state index contributed by atoms with van der Waals surface area (Å²) in [6.07, 6.45) is 0. The highest BCUT2D eigenvalue weighted by atomic mass is 16.5. The van der Waals surface area contributed by atoms with Crippen molar-refractivity contribution in [1.82, 2.24) is 5.32 Å². The van der Waals surface area contributed by atoms with Crippen molar-refractivity contribution < 1.29 is 4.74 Å². The molecule has 0 aliphatic carbocycles. The Kier molecular flexibility index (Phi) is 3.80. The van der Waals surface area contributed by atoms with E-state index in [1.807, 2.05) is 0 Å². The van der Waals surface area contributed by atoms with Gasteiger partial charge in [0, 0.05) is 38.5 Å². The summed E-state index contributed by atoms with van der Waals surface area (Å²) in [6.45, 7) is 6.03. The van der Waals surface area contributed by atoms with Crippen LogP contribution >= 0.6 is 0 Å². The van der Waals surface area contributed by atoms with Crippen LogP contribution in [0.1, 0.15) is 5.56 Å². The Bertz CT molecular complexity index is 321. The van der Waals surface area contributed by atoms with Crippen LogP contribution in [0.3, 0.4) is 0 Å². The highest BCUT2D eigenvalue weighted by Crippen LogP contribution is 2.16. The minimum absolute atomic E-state index is 0.444. The zero-order valence-corrected chi connectivity index (χ0v) is 10.1. The number of hydrogen-bond acceptors (Lipinski definition) is 3. The first kappa shape index (κ1) is 11.4. The highest BCUT2D eigenvalue weighted by molar-refractivity contribution is 5.48. The number of benzene rings is 1. The molecule has 1 fully saturated rings. The molecule has 1 aliphatic heterocycles. The van der Waals surface area contributed by atoms with Gasteiger partial charge in [0.25, 0.3) is 0 Å². The van der Waals surface area contributed by atoms with Crippen molar-refractivity contribution in [3.05, 3.63) is 29.8 Å². The number of hydrogen-bond donors (Lipinski definition) is 1. The first-order chi connectivity index (χ1) is 7.79. The number of nitrogens with zero attached hydrogens (tertiary/aromatic N) is 1. The molecule has 2 rings (SSSR count). The maximum Gasteiger partial charge on any atom is 0.0633 e. The molecular weight excluding hydrogens is 200 g/mol. The molecule has 16 heavy (non-hydrogen) atoms. The molecule has 1 aromatic rings.